The molecule has 0 atom stereocenters. The van der Waals surface area contributed by atoms with Crippen molar-refractivity contribution < 1.29 is 0 Å². The molecule has 0 spiro atoms. The van der Waals surface area contributed by atoms with Gasteiger partial charge in [-0.05, 0) is 32.4 Å². The molecule has 0 N–H and O–H groups in total. The van der Waals surface area contributed by atoms with Gasteiger partial charge in [0.05, 0.1) is 16.4 Å². The van der Waals surface area contributed by atoms with Crippen molar-refractivity contribution in [2.45, 2.75) is 32.9 Å². The Labute approximate surface area is 146 Å². The summed E-state index contributed by atoms with van der Waals surface area (Å²) in [6.45, 7) is 5.09. The minimum Gasteiger partial charge on any atom is -0.324 e. The maximum absolute atomic E-state index is 5.01. The third-order valence-corrected chi connectivity index (χ3v) is 5.40. The quantitative estimate of drug-likeness (QED) is 0.729. The summed E-state index contributed by atoms with van der Waals surface area (Å²) in [5, 5.41) is 3.23. The summed E-state index contributed by atoms with van der Waals surface area (Å²) in [7, 11) is 2.18. The van der Waals surface area contributed by atoms with Crippen LogP contribution in [0.3, 0.4) is 0 Å². The van der Waals surface area contributed by atoms with Crippen LogP contribution in [-0.2, 0) is 25.9 Å². The first-order valence-electron chi connectivity index (χ1n) is 8.44. The van der Waals surface area contributed by atoms with Crippen LogP contribution >= 0.6 is 11.3 Å². The van der Waals surface area contributed by atoms with Crippen LogP contribution < -0.4 is 0 Å². The lowest BCUT2D eigenvalue weighted by molar-refractivity contribution is 0.269. The summed E-state index contributed by atoms with van der Waals surface area (Å²) in [6, 6.07) is 10.7. The largest absolute Gasteiger partial charge is 0.324 e. The van der Waals surface area contributed by atoms with Gasteiger partial charge in [0.2, 0.25) is 0 Å². The number of hydrogen-bond donors (Lipinski definition) is 0. The molecule has 0 bridgehead atoms. The van der Waals surface area contributed by atoms with Gasteiger partial charge in [-0.3, -0.25) is 4.90 Å². The third kappa shape index (κ3) is 3.01. The van der Waals surface area contributed by atoms with Crippen LogP contribution in [0.25, 0.3) is 11.5 Å². The SMILES string of the molecule is Cc1nc(-c2nc(CCc3ccccc3)c3n2CCN(C)C3)cs1. The molecule has 3 heterocycles. The van der Waals surface area contributed by atoms with E-state index in [9.17, 15) is 0 Å². The average Bonchev–Trinajstić information content (AvgIpc) is 3.17. The Morgan fingerprint density at radius 2 is 1.92 bits per heavy atom. The van der Waals surface area contributed by atoms with Crippen molar-refractivity contribution in [3.05, 3.63) is 57.7 Å². The molecule has 0 amide bonds. The first-order chi connectivity index (χ1) is 11.7. The van der Waals surface area contributed by atoms with E-state index < -0.39 is 0 Å². The first kappa shape index (κ1) is 15.5. The van der Waals surface area contributed by atoms with Gasteiger partial charge in [-0.25, -0.2) is 9.97 Å². The van der Waals surface area contributed by atoms with Crippen molar-refractivity contribution in [1.82, 2.24) is 19.4 Å². The minimum atomic E-state index is 0.972. The van der Waals surface area contributed by atoms with Crippen LogP contribution in [-0.4, -0.2) is 33.0 Å². The van der Waals surface area contributed by atoms with Gasteiger partial charge >= 0.3 is 0 Å². The highest BCUT2D eigenvalue weighted by atomic mass is 32.1. The number of fused-ring (bicyclic) bond motifs is 1. The highest BCUT2D eigenvalue weighted by Crippen LogP contribution is 2.27. The van der Waals surface area contributed by atoms with Crippen molar-refractivity contribution in [3.8, 4) is 11.5 Å². The molecule has 0 radical (unpaired) electrons. The van der Waals surface area contributed by atoms with E-state index in [1.807, 2.05) is 0 Å². The molecule has 0 fully saturated rings. The van der Waals surface area contributed by atoms with Crippen LogP contribution in [0, 0.1) is 6.92 Å². The van der Waals surface area contributed by atoms with Gasteiger partial charge < -0.3 is 4.57 Å². The number of hydrogen-bond acceptors (Lipinski definition) is 4. The average molecular weight is 338 g/mol. The van der Waals surface area contributed by atoms with Gasteiger partial charge in [-0.15, -0.1) is 11.3 Å². The molecule has 0 aliphatic carbocycles. The fourth-order valence-electron chi connectivity index (χ4n) is 3.33. The molecule has 0 unspecified atom stereocenters. The second kappa shape index (κ2) is 6.49. The monoisotopic (exact) mass is 338 g/mol. The molecule has 1 aromatic carbocycles. The maximum atomic E-state index is 5.01. The summed E-state index contributed by atoms with van der Waals surface area (Å²) in [4.78, 5) is 12.0. The maximum Gasteiger partial charge on any atom is 0.160 e. The summed E-state index contributed by atoms with van der Waals surface area (Å²) in [5.74, 6) is 1.05. The number of benzene rings is 1. The molecule has 4 nitrogen and oxygen atoms in total. The van der Waals surface area contributed by atoms with Crippen molar-refractivity contribution in [2.75, 3.05) is 13.6 Å². The lowest BCUT2D eigenvalue weighted by atomic mass is 10.1. The number of aryl methyl sites for hydroxylation is 3. The van der Waals surface area contributed by atoms with Gasteiger partial charge in [-0.2, -0.15) is 0 Å². The molecule has 5 heteroatoms. The standard InChI is InChI=1S/C19H22N4S/c1-14-20-17(13-24-14)19-21-16(9-8-15-6-4-3-5-7-15)18-12-22(2)10-11-23(18)19/h3-7,13H,8-12H2,1-2H3. The second-order valence-electron chi connectivity index (χ2n) is 6.46. The van der Waals surface area contributed by atoms with Crippen LogP contribution in [0.2, 0.25) is 0 Å². The Hall–Kier alpha value is -1.98. The van der Waals surface area contributed by atoms with E-state index in [1.165, 1.54) is 17.0 Å². The highest BCUT2D eigenvalue weighted by molar-refractivity contribution is 7.09. The lowest BCUT2D eigenvalue weighted by Gasteiger charge is -2.25. The van der Waals surface area contributed by atoms with Crippen LogP contribution in [0.15, 0.2) is 35.7 Å². The zero-order valence-electron chi connectivity index (χ0n) is 14.2. The molecule has 2 aromatic heterocycles. The molecular weight excluding hydrogens is 316 g/mol. The van der Waals surface area contributed by atoms with Gasteiger partial charge in [0, 0.05) is 25.0 Å². The minimum absolute atomic E-state index is 0.972. The second-order valence-corrected chi connectivity index (χ2v) is 7.52. The number of rotatable bonds is 4. The van der Waals surface area contributed by atoms with Crippen LogP contribution in [0.4, 0.5) is 0 Å². The van der Waals surface area contributed by atoms with Crippen molar-refractivity contribution in [2.24, 2.45) is 0 Å². The number of likely N-dealkylation sites (N-methyl/N-ethyl adjacent to an activating group) is 1. The zero-order chi connectivity index (χ0) is 16.5. The van der Waals surface area contributed by atoms with E-state index in [2.05, 4.69) is 64.1 Å². The van der Waals surface area contributed by atoms with E-state index >= 15 is 0 Å². The molecule has 3 aromatic rings. The number of thiazole rings is 1. The first-order valence-corrected chi connectivity index (χ1v) is 9.32. The Kier molecular flexibility index (Phi) is 4.21. The van der Waals surface area contributed by atoms with E-state index in [0.29, 0.717) is 0 Å². The molecule has 1 aliphatic heterocycles. The molecule has 1 aliphatic rings. The lowest BCUT2D eigenvalue weighted by Crippen LogP contribution is -2.31. The summed E-state index contributed by atoms with van der Waals surface area (Å²) < 4.78 is 2.38. The fourth-order valence-corrected chi connectivity index (χ4v) is 3.92. The van der Waals surface area contributed by atoms with Gasteiger partial charge in [0.25, 0.3) is 0 Å². The van der Waals surface area contributed by atoms with Crippen LogP contribution in [0.1, 0.15) is 22.0 Å². The summed E-state index contributed by atoms with van der Waals surface area (Å²) in [5.41, 5.74) is 4.98. The predicted octanol–water partition coefficient (Wildman–Crippen LogP) is 3.55. The molecular formula is C19H22N4S. The van der Waals surface area contributed by atoms with Crippen molar-refractivity contribution in [1.29, 1.82) is 0 Å². The number of nitrogens with zero attached hydrogens (tertiary/aromatic N) is 4. The molecule has 24 heavy (non-hydrogen) atoms. The third-order valence-electron chi connectivity index (χ3n) is 4.62. The number of imidazole rings is 1. The summed E-state index contributed by atoms with van der Waals surface area (Å²) in [6.07, 6.45) is 2.01. The fraction of sp³-hybridized carbons (Fsp3) is 0.368. The Balaban J connectivity index is 1.67. The normalized spacial score (nSPS) is 14.8. The zero-order valence-corrected chi connectivity index (χ0v) is 15.0. The van der Waals surface area contributed by atoms with Crippen LogP contribution in [0.5, 0.6) is 0 Å². The van der Waals surface area contributed by atoms with Gasteiger partial charge in [0.15, 0.2) is 5.82 Å². The molecule has 4 rings (SSSR count). The van der Waals surface area contributed by atoms with E-state index in [4.69, 9.17) is 4.98 Å². The van der Waals surface area contributed by atoms with Gasteiger partial charge in [-0.1, -0.05) is 30.3 Å². The molecule has 0 saturated heterocycles. The van der Waals surface area contributed by atoms with E-state index in [1.54, 1.807) is 11.3 Å². The van der Waals surface area contributed by atoms with E-state index in [-0.39, 0.29) is 0 Å². The number of aromatic nitrogens is 3. The van der Waals surface area contributed by atoms with E-state index in [0.717, 1.165) is 49.0 Å². The van der Waals surface area contributed by atoms with Crippen molar-refractivity contribution in [3.63, 3.8) is 0 Å². The Bertz CT molecular complexity index is 834. The Morgan fingerprint density at radius 1 is 1.08 bits per heavy atom. The Morgan fingerprint density at radius 3 is 2.67 bits per heavy atom. The molecule has 0 saturated carbocycles. The highest BCUT2D eigenvalue weighted by Gasteiger charge is 2.23. The smallest absolute Gasteiger partial charge is 0.160 e. The molecule has 124 valence electrons. The predicted molar refractivity (Wildman–Crippen MR) is 98.3 cm³/mol. The topological polar surface area (TPSA) is 34.0 Å². The van der Waals surface area contributed by atoms with Crippen molar-refractivity contribution >= 4 is 11.3 Å². The van der Waals surface area contributed by atoms with Gasteiger partial charge in [0.1, 0.15) is 5.69 Å². The summed E-state index contributed by atoms with van der Waals surface area (Å²) >= 11 is 1.70.